The zero-order valence-corrected chi connectivity index (χ0v) is 13.1. The van der Waals surface area contributed by atoms with Crippen LogP contribution in [0.4, 0.5) is 0 Å². The monoisotopic (exact) mass is 335 g/mol. The van der Waals surface area contributed by atoms with Gasteiger partial charge < -0.3 is 0 Å². The first-order valence-corrected chi connectivity index (χ1v) is 9.24. The lowest BCUT2D eigenvalue weighted by molar-refractivity contribution is 0.611. The number of hydrogen-bond acceptors (Lipinski definition) is 4. The molecule has 0 saturated heterocycles. The standard InChI is InChI=1S/C15H10ClNO2S2/c16-21(18,19)15-13(11-7-3-1-4-8-11)17-14(20-15)12-9-5-2-6-10-12/h1-10H. The van der Waals surface area contributed by atoms with Crippen molar-refractivity contribution in [1.29, 1.82) is 0 Å². The Bertz CT molecular complexity index is 859. The van der Waals surface area contributed by atoms with Crippen LogP contribution in [-0.2, 0) is 9.05 Å². The highest BCUT2D eigenvalue weighted by atomic mass is 35.7. The predicted molar refractivity (Wildman–Crippen MR) is 86.0 cm³/mol. The van der Waals surface area contributed by atoms with Crippen molar-refractivity contribution in [2.75, 3.05) is 0 Å². The van der Waals surface area contributed by atoms with Gasteiger partial charge in [-0.25, -0.2) is 13.4 Å². The zero-order valence-electron chi connectivity index (χ0n) is 10.7. The average molecular weight is 336 g/mol. The molecule has 0 N–H and O–H groups in total. The van der Waals surface area contributed by atoms with E-state index < -0.39 is 9.05 Å². The molecule has 0 radical (unpaired) electrons. The number of aromatic nitrogens is 1. The Kier molecular flexibility index (Phi) is 3.80. The van der Waals surface area contributed by atoms with Crippen molar-refractivity contribution in [3.8, 4) is 21.8 Å². The van der Waals surface area contributed by atoms with E-state index >= 15 is 0 Å². The molecule has 2 aromatic carbocycles. The van der Waals surface area contributed by atoms with Crippen molar-refractivity contribution in [2.24, 2.45) is 0 Å². The van der Waals surface area contributed by atoms with Crippen LogP contribution in [0.5, 0.6) is 0 Å². The topological polar surface area (TPSA) is 47.0 Å². The van der Waals surface area contributed by atoms with Crippen LogP contribution in [0.25, 0.3) is 21.8 Å². The van der Waals surface area contributed by atoms with Crippen molar-refractivity contribution < 1.29 is 8.42 Å². The molecule has 0 aliphatic rings. The smallest absolute Gasteiger partial charge is 0.235 e. The van der Waals surface area contributed by atoms with Crippen LogP contribution in [0.3, 0.4) is 0 Å². The van der Waals surface area contributed by atoms with Crippen LogP contribution in [0.2, 0.25) is 0 Å². The van der Waals surface area contributed by atoms with Gasteiger partial charge in [-0.05, 0) is 0 Å². The summed E-state index contributed by atoms with van der Waals surface area (Å²) < 4.78 is 23.7. The summed E-state index contributed by atoms with van der Waals surface area (Å²) in [6, 6.07) is 18.6. The summed E-state index contributed by atoms with van der Waals surface area (Å²) in [5.41, 5.74) is 2.00. The van der Waals surface area contributed by atoms with Crippen molar-refractivity contribution in [1.82, 2.24) is 4.98 Å². The van der Waals surface area contributed by atoms with Gasteiger partial charge in [-0.1, -0.05) is 60.7 Å². The molecule has 0 spiro atoms. The fourth-order valence-corrected chi connectivity index (χ4v) is 4.31. The van der Waals surface area contributed by atoms with Crippen LogP contribution in [0, 0.1) is 0 Å². The van der Waals surface area contributed by atoms with Crippen LogP contribution in [-0.4, -0.2) is 13.4 Å². The first-order chi connectivity index (χ1) is 10.1. The molecule has 3 rings (SSSR count). The van der Waals surface area contributed by atoms with Crippen molar-refractivity contribution in [3.63, 3.8) is 0 Å². The molecule has 0 atom stereocenters. The fraction of sp³-hybridized carbons (Fsp3) is 0. The zero-order chi connectivity index (χ0) is 14.9. The van der Waals surface area contributed by atoms with Crippen molar-refractivity contribution in [3.05, 3.63) is 60.7 Å². The molecule has 0 bridgehead atoms. The van der Waals surface area contributed by atoms with Crippen LogP contribution in [0.15, 0.2) is 64.9 Å². The highest BCUT2D eigenvalue weighted by Gasteiger charge is 2.23. The Morgan fingerprint density at radius 1 is 0.857 bits per heavy atom. The van der Waals surface area contributed by atoms with Crippen molar-refractivity contribution >= 4 is 31.1 Å². The predicted octanol–water partition coefficient (Wildman–Crippen LogP) is 4.40. The van der Waals surface area contributed by atoms with Crippen molar-refractivity contribution in [2.45, 2.75) is 4.21 Å². The molecule has 21 heavy (non-hydrogen) atoms. The van der Waals surface area contributed by atoms with Gasteiger partial charge in [0.05, 0.1) is 0 Å². The SMILES string of the molecule is O=S(=O)(Cl)c1sc(-c2ccccc2)nc1-c1ccccc1. The molecule has 1 heterocycles. The van der Waals surface area contributed by atoms with E-state index in [0.717, 1.165) is 22.5 Å². The minimum atomic E-state index is -3.84. The van der Waals surface area contributed by atoms with Crippen LogP contribution in [0.1, 0.15) is 0 Å². The molecule has 3 aromatic rings. The fourth-order valence-electron chi connectivity index (χ4n) is 1.95. The minimum Gasteiger partial charge on any atom is -0.235 e. The van der Waals surface area contributed by atoms with E-state index in [0.29, 0.717) is 10.7 Å². The molecule has 0 unspecified atom stereocenters. The van der Waals surface area contributed by atoms with E-state index in [1.165, 1.54) is 0 Å². The summed E-state index contributed by atoms with van der Waals surface area (Å²) in [5.74, 6) is 0. The third-order valence-electron chi connectivity index (χ3n) is 2.89. The maximum Gasteiger partial charge on any atom is 0.273 e. The first-order valence-electron chi connectivity index (χ1n) is 6.12. The molecule has 1 aromatic heterocycles. The normalized spacial score (nSPS) is 11.5. The molecule has 3 nitrogen and oxygen atoms in total. The van der Waals surface area contributed by atoms with E-state index in [9.17, 15) is 8.42 Å². The third-order valence-corrected chi connectivity index (χ3v) is 6.07. The molecule has 0 saturated carbocycles. The second-order valence-corrected chi connectivity index (χ2v) is 8.09. The molecule has 6 heteroatoms. The molecule has 0 aliphatic carbocycles. The van der Waals surface area contributed by atoms with Gasteiger partial charge in [-0.3, -0.25) is 0 Å². The second kappa shape index (κ2) is 5.60. The van der Waals surface area contributed by atoms with Gasteiger partial charge in [0.1, 0.15) is 10.7 Å². The van der Waals surface area contributed by atoms with Gasteiger partial charge in [0.15, 0.2) is 4.21 Å². The second-order valence-electron chi connectivity index (χ2n) is 4.32. The molecule has 0 fully saturated rings. The number of thiazole rings is 1. The molecule has 106 valence electrons. The summed E-state index contributed by atoms with van der Waals surface area (Å²) in [6.45, 7) is 0. The van der Waals surface area contributed by atoms with Crippen LogP contribution < -0.4 is 0 Å². The Labute approximate surface area is 131 Å². The number of hydrogen-bond donors (Lipinski definition) is 0. The molecular formula is C15H10ClNO2S2. The lowest BCUT2D eigenvalue weighted by Crippen LogP contribution is -1.90. The Hall–Kier alpha value is -1.69. The summed E-state index contributed by atoms with van der Waals surface area (Å²) in [7, 11) is 1.72. The molecule has 0 amide bonds. The lowest BCUT2D eigenvalue weighted by Gasteiger charge is -1.98. The van der Waals surface area contributed by atoms with E-state index in [-0.39, 0.29) is 4.21 Å². The largest absolute Gasteiger partial charge is 0.273 e. The maximum atomic E-state index is 11.8. The number of benzene rings is 2. The van der Waals surface area contributed by atoms with E-state index in [4.69, 9.17) is 10.7 Å². The average Bonchev–Trinajstić information content (AvgIpc) is 2.94. The Morgan fingerprint density at radius 2 is 1.38 bits per heavy atom. The molecule has 0 aliphatic heterocycles. The summed E-state index contributed by atoms with van der Waals surface area (Å²) in [5, 5.41) is 0.633. The van der Waals surface area contributed by atoms with Crippen LogP contribution >= 0.6 is 22.0 Å². The van der Waals surface area contributed by atoms with Gasteiger partial charge in [0.2, 0.25) is 0 Å². The van der Waals surface area contributed by atoms with Gasteiger partial charge in [-0.15, -0.1) is 11.3 Å². The van der Waals surface area contributed by atoms with E-state index in [2.05, 4.69) is 4.98 Å². The van der Waals surface area contributed by atoms with E-state index in [1.807, 2.05) is 60.7 Å². The molecular weight excluding hydrogens is 326 g/mol. The van der Waals surface area contributed by atoms with E-state index in [1.54, 1.807) is 0 Å². The van der Waals surface area contributed by atoms with Gasteiger partial charge in [-0.2, -0.15) is 0 Å². The Balaban J connectivity index is 2.22. The quantitative estimate of drug-likeness (QED) is 0.666. The summed E-state index contributed by atoms with van der Waals surface area (Å²) in [6.07, 6.45) is 0. The van der Waals surface area contributed by atoms with Gasteiger partial charge in [0, 0.05) is 21.8 Å². The summed E-state index contributed by atoms with van der Waals surface area (Å²) in [4.78, 5) is 4.47. The Morgan fingerprint density at radius 3 is 1.90 bits per heavy atom. The highest BCUT2D eigenvalue weighted by Crippen LogP contribution is 2.38. The number of nitrogens with zero attached hydrogens (tertiary/aromatic N) is 1. The highest BCUT2D eigenvalue weighted by molar-refractivity contribution is 8.15. The number of halogens is 1. The third kappa shape index (κ3) is 3.00. The minimum absolute atomic E-state index is 0.0780. The van der Waals surface area contributed by atoms with Gasteiger partial charge >= 0.3 is 0 Å². The summed E-state index contributed by atoms with van der Waals surface area (Å²) >= 11 is 1.08. The van der Waals surface area contributed by atoms with Gasteiger partial charge in [0.25, 0.3) is 9.05 Å². The lowest BCUT2D eigenvalue weighted by atomic mass is 10.2. The number of rotatable bonds is 3. The maximum absolute atomic E-state index is 11.8. The first kappa shape index (κ1) is 14.3.